The third kappa shape index (κ3) is 5.62. The number of allylic oxidation sites excluding steroid dienone is 4. The molecule has 3 aromatic rings. The standard InChI is InChI=1S/C26H34N6O7S/c1-7-39-16(3)18(23-27-26(33)25-29-28-24(32(25)30-23)17-10-8-9-11-17)14-15(2)40(34,35)31-19-12-13-20(36-4)22(38-6)21(19)37-5/h12-14,17,31H,7-11H2,1-6H3,(H,27,30,33)/b15-14+,18-16-. The molecule has 0 atom stereocenters. The number of sulfonamides is 1. The molecule has 0 amide bonds. The molecule has 0 radical (unpaired) electrons. The first-order valence-electron chi connectivity index (χ1n) is 12.8. The number of benzene rings is 1. The summed E-state index contributed by atoms with van der Waals surface area (Å²) in [6, 6.07) is 3.07. The third-order valence-corrected chi connectivity index (χ3v) is 8.19. The number of hydrogen-bond donors (Lipinski definition) is 2. The monoisotopic (exact) mass is 574 g/mol. The molecule has 2 aromatic heterocycles. The van der Waals surface area contributed by atoms with Crippen LogP contribution >= 0.6 is 0 Å². The van der Waals surface area contributed by atoms with Crippen LogP contribution in [0.15, 0.2) is 33.7 Å². The molecule has 1 fully saturated rings. The van der Waals surface area contributed by atoms with Gasteiger partial charge in [0.15, 0.2) is 23.1 Å². The van der Waals surface area contributed by atoms with E-state index in [2.05, 4.69) is 25.0 Å². The predicted molar refractivity (Wildman–Crippen MR) is 149 cm³/mol. The number of methoxy groups -OCH3 is 3. The molecule has 0 aliphatic heterocycles. The van der Waals surface area contributed by atoms with E-state index in [9.17, 15) is 13.2 Å². The fourth-order valence-corrected chi connectivity index (χ4v) is 5.58. The van der Waals surface area contributed by atoms with Crippen LogP contribution in [-0.4, -0.2) is 61.1 Å². The van der Waals surface area contributed by atoms with Gasteiger partial charge in [-0.2, -0.15) is 4.52 Å². The summed E-state index contributed by atoms with van der Waals surface area (Å²) >= 11 is 0. The van der Waals surface area contributed by atoms with Gasteiger partial charge in [0.1, 0.15) is 5.76 Å². The van der Waals surface area contributed by atoms with E-state index in [0.29, 0.717) is 23.9 Å². The van der Waals surface area contributed by atoms with Crippen molar-refractivity contribution in [3.63, 3.8) is 0 Å². The van der Waals surface area contributed by atoms with Crippen molar-refractivity contribution >= 4 is 26.9 Å². The van der Waals surface area contributed by atoms with Gasteiger partial charge < -0.3 is 23.9 Å². The van der Waals surface area contributed by atoms with E-state index < -0.39 is 15.6 Å². The molecule has 0 bridgehead atoms. The highest BCUT2D eigenvalue weighted by Gasteiger charge is 2.26. The Morgan fingerprint density at radius 3 is 2.42 bits per heavy atom. The van der Waals surface area contributed by atoms with Crippen molar-refractivity contribution in [1.82, 2.24) is 24.8 Å². The van der Waals surface area contributed by atoms with Gasteiger partial charge in [-0.1, -0.05) is 12.8 Å². The SMILES string of the molecule is CCO/C(C)=C(/C=C(\C)S(=O)(=O)Nc1ccc(OC)c(OC)c1OC)c1nn2c(C3CCCC3)nnc2c(=O)[nH]1. The lowest BCUT2D eigenvalue weighted by molar-refractivity contribution is 0.233. The van der Waals surface area contributed by atoms with Crippen LogP contribution in [0.3, 0.4) is 0 Å². The van der Waals surface area contributed by atoms with E-state index in [1.54, 1.807) is 19.9 Å². The molecule has 14 heteroatoms. The number of fused-ring (bicyclic) bond motifs is 1. The summed E-state index contributed by atoms with van der Waals surface area (Å²) in [6.45, 7) is 5.22. The summed E-state index contributed by atoms with van der Waals surface area (Å²) < 4.78 is 52.6. The highest BCUT2D eigenvalue weighted by Crippen LogP contribution is 2.43. The van der Waals surface area contributed by atoms with Crippen LogP contribution in [0.4, 0.5) is 5.69 Å². The van der Waals surface area contributed by atoms with Crippen LogP contribution in [0.25, 0.3) is 11.2 Å². The van der Waals surface area contributed by atoms with Gasteiger partial charge >= 0.3 is 0 Å². The average Bonchev–Trinajstić information content (AvgIpc) is 3.61. The summed E-state index contributed by atoms with van der Waals surface area (Å²) in [5.74, 6) is 2.03. The largest absolute Gasteiger partial charge is 0.498 e. The lowest BCUT2D eigenvalue weighted by atomic mass is 10.1. The number of aromatic amines is 1. The molecule has 1 aliphatic rings. The van der Waals surface area contributed by atoms with E-state index in [0.717, 1.165) is 25.7 Å². The second-order valence-electron chi connectivity index (χ2n) is 9.22. The molecule has 2 heterocycles. The highest BCUT2D eigenvalue weighted by molar-refractivity contribution is 7.96. The number of nitrogens with one attached hydrogen (secondary N) is 2. The topological polar surface area (TPSA) is 159 Å². The summed E-state index contributed by atoms with van der Waals surface area (Å²) in [5.41, 5.74) is 0.0212. The van der Waals surface area contributed by atoms with E-state index >= 15 is 0 Å². The summed E-state index contributed by atoms with van der Waals surface area (Å²) in [6.07, 6.45) is 5.41. The Labute approximate surface area is 232 Å². The summed E-state index contributed by atoms with van der Waals surface area (Å²) in [4.78, 5) is 15.6. The number of aromatic nitrogens is 5. The van der Waals surface area contributed by atoms with Gasteiger partial charge in [-0.05, 0) is 51.8 Å². The number of ether oxygens (including phenoxy) is 4. The highest BCUT2D eigenvalue weighted by atomic mass is 32.2. The minimum Gasteiger partial charge on any atom is -0.498 e. The van der Waals surface area contributed by atoms with Gasteiger partial charge in [0.2, 0.25) is 11.4 Å². The molecule has 0 saturated heterocycles. The zero-order valence-corrected chi connectivity index (χ0v) is 24.2. The van der Waals surface area contributed by atoms with Crippen LogP contribution in [0, 0.1) is 0 Å². The van der Waals surface area contributed by atoms with Crippen LogP contribution in [0.2, 0.25) is 0 Å². The molecule has 1 aliphatic carbocycles. The molecule has 13 nitrogen and oxygen atoms in total. The second-order valence-corrected chi connectivity index (χ2v) is 11.1. The maximum absolute atomic E-state index is 13.4. The van der Waals surface area contributed by atoms with Gasteiger partial charge in [0.25, 0.3) is 15.6 Å². The molecule has 4 rings (SSSR count). The molecule has 216 valence electrons. The van der Waals surface area contributed by atoms with E-state index in [1.165, 1.54) is 44.9 Å². The normalized spacial score (nSPS) is 15.2. The van der Waals surface area contributed by atoms with Crippen LogP contribution in [0.1, 0.15) is 64.0 Å². The molecule has 1 aromatic carbocycles. The lowest BCUT2D eigenvalue weighted by Gasteiger charge is -2.17. The zero-order chi connectivity index (χ0) is 29.0. The van der Waals surface area contributed by atoms with E-state index in [1.807, 2.05) is 0 Å². The second kappa shape index (κ2) is 12.0. The molecular formula is C26H34N6O7S. The Hall–Kier alpha value is -4.07. The first kappa shape index (κ1) is 28.9. The number of rotatable bonds is 11. The number of H-pyrrole nitrogens is 1. The van der Waals surface area contributed by atoms with Gasteiger partial charge in [0, 0.05) is 5.92 Å². The Balaban J connectivity index is 1.78. The molecule has 40 heavy (non-hydrogen) atoms. The van der Waals surface area contributed by atoms with Crippen molar-refractivity contribution < 1.29 is 27.4 Å². The molecular weight excluding hydrogens is 540 g/mol. The first-order valence-corrected chi connectivity index (χ1v) is 14.3. The molecule has 0 unspecified atom stereocenters. The van der Waals surface area contributed by atoms with Crippen LogP contribution in [0.5, 0.6) is 17.2 Å². The van der Waals surface area contributed by atoms with Crippen molar-refractivity contribution in [2.45, 2.75) is 52.4 Å². The van der Waals surface area contributed by atoms with Crippen molar-refractivity contribution in [3.8, 4) is 17.2 Å². The third-order valence-electron chi connectivity index (χ3n) is 6.74. The van der Waals surface area contributed by atoms with Crippen LogP contribution in [-0.2, 0) is 14.8 Å². The van der Waals surface area contributed by atoms with Crippen molar-refractivity contribution in [3.05, 3.63) is 50.9 Å². The van der Waals surface area contributed by atoms with Crippen molar-refractivity contribution in [1.29, 1.82) is 0 Å². The number of anilines is 1. The Morgan fingerprint density at radius 2 is 1.80 bits per heavy atom. The number of nitrogens with zero attached hydrogens (tertiary/aromatic N) is 4. The average molecular weight is 575 g/mol. The minimum absolute atomic E-state index is 0.0686. The minimum atomic E-state index is -4.11. The first-order chi connectivity index (χ1) is 19.1. The maximum atomic E-state index is 13.4. The lowest BCUT2D eigenvalue weighted by Crippen LogP contribution is -2.19. The van der Waals surface area contributed by atoms with Crippen LogP contribution < -0.4 is 24.5 Å². The quantitative estimate of drug-likeness (QED) is 0.256. The van der Waals surface area contributed by atoms with Crippen molar-refractivity contribution in [2.75, 3.05) is 32.7 Å². The Bertz CT molecular complexity index is 1620. The van der Waals surface area contributed by atoms with Gasteiger partial charge in [-0.25, -0.2) is 8.42 Å². The van der Waals surface area contributed by atoms with Gasteiger partial charge in [-0.3, -0.25) is 9.52 Å². The molecule has 2 N–H and O–H groups in total. The van der Waals surface area contributed by atoms with Gasteiger partial charge in [-0.15, -0.1) is 15.3 Å². The zero-order valence-electron chi connectivity index (χ0n) is 23.4. The van der Waals surface area contributed by atoms with E-state index in [4.69, 9.17) is 18.9 Å². The van der Waals surface area contributed by atoms with Gasteiger partial charge in [0.05, 0.1) is 44.1 Å². The fraction of sp³-hybridized carbons (Fsp3) is 0.462. The fourth-order valence-electron chi connectivity index (χ4n) is 4.70. The maximum Gasteiger partial charge on any atom is 0.296 e. The Morgan fingerprint density at radius 1 is 1.10 bits per heavy atom. The number of hydrogen-bond acceptors (Lipinski definition) is 10. The summed E-state index contributed by atoms with van der Waals surface area (Å²) in [5, 5.41) is 12.9. The Kier molecular flexibility index (Phi) is 8.67. The van der Waals surface area contributed by atoms with E-state index in [-0.39, 0.29) is 45.1 Å². The summed E-state index contributed by atoms with van der Waals surface area (Å²) in [7, 11) is 0.178. The smallest absolute Gasteiger partial charge is 0.296 e. The van der Waals surface area contributed by atoms with Crippen molar-refractivity contribution in [2.24, 2.45) is 0 Å². The molecule has 1 saturated carbocycles. The molecule has 0 spiro atoms. The predicted octanol–water partition coefficient (Wildman–Crippen LogP) is 3.61.